The molecule has 0 bridgehead atoms. The van der Waals surface area contributed by atoms with Crippen molar-refractivity contribution in [2.24, 2.45) is 11.8 Å². The number of benzene rings is 2. The van der Waals surface area contributed by atoms with Crippen molar-refractivity contribution in [1.82, 2.24) is 15.1 Å². The number of aryl methyl sites for hydroxylation is 1. The third-order valence-corrected chi connectivity index (χ3v) is 8.30. The van der Waals surface area contributed by atoms with E-state index in [1.54, 1.807) is 14.2 Å². The monoisotopic (exact) mass is 549 g/mol. The molecule has 1 saturated carbocycles. The molecule has 1 aliphatic heterocycles. The van der Waals surface area contributed by atoms with Gasteiger partial charge >= 0.3 is 0 Å². The predicted octanol–water partition coefficient (Wildman–Crippen LogP) is 4.58. The van der Waals surface area contributed by atoms with Crippen LogP contribution in [0.15, 0.2) is 48.5 Å². The Morgan fingerprint density at radius 2 is 1.70 bits per heavy atom. The standard InChI is InChI=1S/C33H47N3O4/c1-24(2)35(33(38)27-13-16-31(40-4)26(19-27)12-8-9-17-39-3)22-28-20-34-21-29(28)23-36(30-14-15-30)32(37)18-25-10-6-5-7-11-25/h5-7,10-11,13,16,19,24,28-30,34H,8-9,12,14-15,17-18,20-23H2,1-4H3. The van der Waals surface area contributed by atoms with Crippen molar-refractivity contribution in [1.29, 1.82) is 0 Å². The Hall–Kier alpha value is -2.90. The van der Waals surface area contributed by atoms with Gasteiger partial charge in [0.15, 0.2) is 0 Å². The first-order chi connectivity index (χ1) is 19.4. The van der Waals surface area contributed by atoms with Gasteiger partial charge in [-0.15, -0.1) is 0 Å². The SMILES string of the molecule is COCCCCc1cc(C(=O)N(CC2CNCC2CN(C(=O)Cc2ccccc2)C2CC2)C(C)C)ccc1OC. The second-order valence-electron chi connectivity index (χ2n) is 11.6. The number of carbonyl (C=O) groups is 2. The summed E-state index contributed by atoms with van der Waals surface area (Å²) >= 11 is 0. The van der Waals surface area contributed by atoms with E-state index >= 15 is 0 Å². The molecule has 4 rings (SSSR count). The summed E-state index contributed by atoms with van der Waals surface area (Å²) in [6, 6.07) is 16.3. The lowest BCUT2D eigenvalue weighted by Gasteiger charge is -2.34. The fraction of sp³-hybridized carbons (Fsp3) is 0.576. The van der Waals surface area contributed by atoms with Crippen LogP contribution in [0.3, 0.4) is 0 Å². The average Bonchev–Trinajstić information content (AvgIpc) is 3.71. The maximum absolute atomic E-state index is 13.8. The number of nitrogens with one attached hydrogen (secondary N) is 1. The minimum Gasteiger partial charge on any atom is -0.496 e. The van der Waals surface area contributed by atoms with Gasteiger partial charge in [0.2, 0.25) is 5.91 Å². The first-order valence-corrected chi connectivity index (χ1v) is 14.9. The highest BCUT2D eigenvalue weighted by Crippen LogP contribution is 2.31. The Bertz CT molecular complexity index is 1100. The van der Waals surface area contributed by atoms with E-state index in [1.807, 2.05) is 53.4 Å². The van der Waals surface area contributed by atoms with E-state index in [2.05, 4.69) is 24.1 Å². The van der Waals surface area contributed by atoms with Crippen molar-refractivity contribution in [3.8, 4) is 5.75 Å². The zero-order chi connectivity index (χ0) is 28.5. The molecule has 2 unspecified atom stereocenters. The first kappa shape index (κ1) is 30.1. The zero-order valence-electron chi connectivity index (χ0n) is 24.7. The number of nitrogens with zero attached hydrogens (tertiary/aromatic N) is 2. The Kier molecular flexibility index (Phi) is 11.0. The number of carbonyl (C=O) groups excluding carboxylic acids is 2. The number of rotatable bonds is 15. The Balaban J connectivity index is 1.43. The average molecular weight is 550 g/mol. The molecule has 2 aliphatic rings. The third kappa shape index (κ3) is 8.07. The second-order valence-corrected chi connectivity index (χ2v) is 11.6. The van der Waals surface area contributed by atoms with Crippen LogP contribution in [0.5, 0.6) is 5.75 Å². The van der Waals surface area contributed by atoms with E-state index in [0.29, 0.717) is 36.4 Å². The molecule has 40 heavy (non-hydrogen) atoms. The van der Waals surface area contributed by atoms with Gasteiger partial charge in [-0.25, -0.2) is 0 Å². The van der Waals surface area contributed by atoms with Crippen LogP contribution in [0.1, 0.15) is 61.0 Å². The van der Waals surface area contributed by atoms with E-state index < -0.39 is 0 Å². The lowest BCUT2D eigenvalue weighted by Crippen LogP contribution is -2.45. The van der Waals surface area contributed by atoms with Crippen molar-refractivity contribution in [3.05, 3.63) is 65.2 Å². The summed E-state index contributed by atoms with van der Waals surface area (Å²) in [5, 5.41) is 3.55. The van der Waals surface area contributed by atoms with Crippen molar-refractivity contribution in [2.75, 3.05) is 47.0 Å². The Labute approximate surface area is 240 Å². The lowest BCUT2D eigenvalue weighted by atomic mass is 9.93. The molecule has 7 heteroatoms. The normalized spacial score (nSPS) is 18.6. The van der Waals surface area contributed by atoms with Gasteiger partial charge in [-0.1, -0.05) is 30.3 Å². The maximum atomic E-state index is 13.8. The number of hydrogen-bond donors (Lipinski definition) is 1. The minimum absolute atomic E-state index is 0.0562. The van der Waals surface area contributed by atoms with Gasteiger partial charge in [-0.05, 0) is 87.1 Å². The molecule has 2 aromatic rings. The van der Waals surface area contributed by atoms with Gasteiger partial charge < -0.3 is 24.6 Å². The molecular weight excluding hydrogens is 502 g/mol. The fourth-order valence-corrected chi connectivity index (χ4v) is 5.80. The summed E-state index contributed by atoms with van der Waals surface area (Å²) in [4.78, 5) is 31.3. The van der Waals surface area contributed by atoms with Gasteiger partial charge in [-0.2, -0.15) is 0 Å². The smallest absolute Gasteiger partial charge is 0.254 e. The molecular formula is C33H47N3O4. The van der Waals surface area contributed by atoms with Crippen LogP contribution < -0.4 is 10.1 Å². The Morgan fingerprint density at radius 3 is 2.35 bits per heavy atom. The molecule has 2 aromatic carbocycles. The van der Waals surface area contributed by atoms with Gasteiger partial charge in [0.1, 0.15) is 5.75 Å². The van der Waals surface area contributed by atoms with E-state index in [-0.39, 0.29) is 17.9 Å². The summed E-state index contributed by atoms with van der Waals surface area (Å²) in [6.07, 6.45) is 5.42. The molecule has 2 amide bonds. The molecule has 1 heterocycles. The number of unbranched alkanes of at least 4 members (excludes halogenated alkanes) is 1. The lowest BCUT2D eigenvalue weighted by molar-refractivity contribution is -0.131. The van der Waals surface area contributed by atoms with Crippen LogP contribution in [-0.2, 0) is 22.4 Å². The van der Waals surface area contributed by atoms with Gasteiger partial charge in [0.25, 0.3) is 5.91 Å². The minimum atomic E-state index is 0.0562. The number of hydrogen-bond acceptors (Lipinski definition) is 5. The van der Waals surface area contributed by atoms with Crippen LogP contribution in [0.4, 0.5) is 0 Å². The molecule has 1 N–H and O–H groups in total. The van der Waals surface area contributed by atoms with Crippen molar-refractivity contribution in [3.63, 3.8) is 0 Å². The van der Waals surface area contributed by atoms with Crippen LogP contribution in [0, 0.1) is 11.8 Å². The highest BCUT2D eigenvalue weighted by molar-refractivity contribution is 5.95. The molecule has 0 radical (unpaired) electrons. The molecule has 0 aromatic heterocycles. The summed E-state index contributed by atoms with van der Waals surface area (Å²) in [7, 11) is 3.40. The highest BCUT2D eigenvalue weighted by Gasteiger charge is 2.38. The highest BCUT2D eigenvalue weighted by atomic mass is 16.5. The van der Waals surface area contributed by atoms with Crippen LogP contribution >= 0.6 is 0 Å². The van der Waals surface area contributed by atoms with Crippen LogP contribution in [0.25, 0.3) is 0 Å². The van der Waals surface area contributed by atoms with E-state index in [0.717, 1.165) is 75.2 Å². The van der Waals surface area contributed by atoms with Crippen molar-refractivity contribution < 1.29 is 19.1 Å². The number of methoxy groups -OCH3 is 2. The molecule has 7 nitrogen and oxygen atoms in total. The Morgan fingerprint density at radius 1 is 0.975 bits per heavy atom. The summed E-state index contributed by atoms with van der Waals surface area (Å²) in [6.45, 7) is 8.07. The quantitative estimate of drug-likeness (QED) is 0.329. The fourth-order valence-electron chi connectivity index (χ4n) is 5.80. The molecule has 2 fully saturated rings. The summed E-state index contributed by atoms with van der Waals surface area (Å²) in [5.41, 5.74) is 2.83. The van der Waals surface area contributed by atoms with Crippen molar-refractivity contribution in [2.45, 2.75) is 64.5 Å². The van der Waals surface area contributed by atoms with E-state index in [1.165, 1.54) is 0 Å². The van der Waals surface area contributed by atoms with Crippen molar-refractivity contribution >= 4 is 11.8 Å². The zero-order valence-corrected chi connectivity index (χ0v) is 24.7. The first-order valence-electron chi connectivity index (χ1n) is 14.9. The largest absolute Gasteiger partial charge is 0.496 e. The predicted molar refractivity (Wildman–Crippen MR) is 159 cm³/mol. The van der Waals surface area contributed by atoms with E-state index in [9.17, 15) is 9.59 Å². The maximum Gasteiger partial charge on any atom is 0.254 e. The second kappa shape index (κ2) is 14.6. The third-order valence-electron chi connectivity index (χ3n) is 8.30. The molecule has 218 valence electrons. The topological polar surface area (TPSA) is 71.1 Å². The van der Waals surface area contributed by atoms with Crippen LogP contribution in [0.2, 0.25) is 0 Å². The molecule has 0 spiro atoms. The summed E-state index contributed by atoms with van der Waals surface area (Å²) < 4.78 is 10.8. The number of ether oxygens (including phenoxy) is 2. The molecule has 1 aliphatic carbocycles. The van der Waals surface area contributed by atoms with Gasteiger partial charge in [-0.3, -0.25) is 9.59 Å². The van der Waals surface area contributed by atoms with Gasteiger partial charge in [0, 0.05) is 57.5 Å². The van der Waals surface area contributed by atoms with E-state index in [4.69, 9.17) is 9.47 Å². The number of amides is 2. The van der Waals surface area contributed by atoms with Crippen LogP contribution in [-0.4, -0.2) is 80.7 Å². The summed E-state index contributed by atoms with van der Waals surface area (Å²) in [5.74, 6) is 1.71. The molecule has 1 saturated heterocycles. The molecule has 2 atom stereocenters. The van der Waals surface area contributed by atoms with Gasteiger partial charge in [0.05, 0.1) is 13.5 Å².